The standard InChI is InChI=1S/C30H28Cl2N8O5/c1-43-10-11-44-12-13-45-30(42)34-21-5-2-18(3-6-21)29-35-27(28(32)36-29)25-9-7-22-14-19(15-26(41)40(22)25)23-16-20(31)4-8-24(23)39-17-33-37-38-39/h2-6,8,14-17,25H,7,9-13H2,1H3,(H,34,42)(H,35,36)/t25-/m0/s1. The fraction of sp³-hybridized carbons (Fsp3) is 0.267. The topological polar surface area (TPSA) is 151 Å². The van der Waals surface area contributed by atoms with Crippen LogP contribution in [0.3, 0.4) is 0 Å². The Labute approximate surface area is 267 Å². The van der Waals surface area contributed by atoms with Gasteiger partial charge in [0.1, 0.15) is 18.8 Å². The molecule has 4 heterocycles. The molecule has 0 radical (unpaired) electrons. The molecular weight excluding hydrogens is 623 g/mol. The second kappa shape index (κ2) is 13.6. The first-order valence-corrected chi connectivity index (χ1v) is 14.8. The molecule has 1 aliphatic heterocycles. The number of hydrogen-bond acceptors (Lipinski definition) is 9. The molecule has 6 rings (SSSR count). The Hall–Kier alpha value is -4.56. The van der Waals surface area contributed by atoms with Crippen LogP contribution in [0, 0.1) is 0 Å². The molecule has 15 heteroatoms. The normalized spacial score (nSPS) is 14.0. The number of imidazole rings is 1. The van der Waals surface area contributed by atoms with E-state index in [0.717, 1.165) is 16.8 Å². The molecule has 2 N–H and O–H groups in total. The first-order chi connectivity index (χ1) is 21.9. The van der Waals surface area contributed by atoms with Crippen molar-refractivity contribution >= 4 is 35.0 Å². The maximum absolute atomic E-state index is 13.6. The fourth-order valence-corrected chi connectivity index (χ4v) is 5.69. The van der Waals surface area contributed by atoms with Gasteiger partial charge in [-0.3, -0.25) is 10.1 Å². The van der Waals surface area contributed by atoms with Crippen LogP contribution in [0.1, 0.15) is 23.9 Å². The highest BCUT2D eigenvalue weighted by atomic mass is 35.5. The number of halogens is 2. The number of nitrogens with one attached hydrogen (secondary N) is 2. The molecule has 1 amide bonds. The van der Waals surface area contributed by atoms with Crippen molar-refractivity contribution in [2.75, 3.05) is 38.9 Å². The van der Waals surface area contributed by atoms with E-state index in [9.17, 15) is 9.59 Å². The number of anilines is 1. The predicted octanol–water partition coefficient (Wildman–Crippen LogP) is 4.94. The van der Waals surface area contributed by atoms with E-state index in [4.69, 9.17) is 37.4 Å². The van der Waals surface area contributed by atoms with Gasteiger partial charge in [-0.15, -0.1) is 5.10 Å². The minimum Gasteiger partial charge on any atom is -0.447 e. The molecular formula is C30H28Cl2N8O5. The lowest BCUT2D eigenvalue weighted by Crippen LogP contribution is -2.23. The zero-order valence-corrected chi connectivity index (χ0v) is 25.6. The van der Waals surface area contributed by atoms with E-state index in [1.54, 1.807) is 54.1 Å². The summed E-state index contributed by atoms with van der Waals surface area (Å²) in [6.45, 7) is 1.31. The average Bonchev–Trinajstić information content (AvgIpc) is 3.80. The van der Waals surface area contributed by atoms with Gasteiger partial charge >= 0.3 is 6.09 Å². The molecule has 0 fully saturated rings. The largest absolute Gasteiger partial charge is 0.447 e. The van der Waals surface area contributed by atoms with Crippen LogP contribution in [-0.4, -0.2) is 74.4 Å². The SMILES string of the molecule is COCCOCCOC(=O)Nc1ccc(-c2nc(Cl)c([C@@H]3CCc4cc(-c5cc(Cl)ccc5-n5cnnn5)cc(=O)n43)[nH]2)cc1. The highest BCUT2D eigenvalue weighted by Gasteiger charge is 2.29. The highest BCUT2D eigenvalue weighted by molar-refractivity contribution is 6.31. The minimum atomic E-state index is -0.586. The molecule has 0 unspecified atom stereocenters. The Kier molecular flexibility index (Phi) is 9.21. The Morgan fingerprint density at radius 3 is 2.64 bits per heavy atom. The number of carbonyl (C=O) groups is 1. The van der Waals surface area contributed by atoms with E-state index in [0.29, 0.717) is 59.5 Å². The maximum atomic E-state index is 13.6. The molecule has 0 bridgehead atoms. The third-order valence-electron chi connectivity index (χ3n) is 7.31. The number of nitrogens with zero attached hydrogens (tertiary/aromatic N) is 6. The number of rotatable bonds is 11. The summed E-state index contributed by atoms with van der Waals surface area (Å²) in [7, 11) is 1.59. The summed E-state index contributed by atoms with van der Waals surface area (Å²) >= 11 is 12.9. The van der Waals surface area contributed by atoms with Crippen molar-refractivity contribution in [3.63, 3.8) is 0 Å². The predicted molar refractivity (Wildman–Crippen MR) is 167 cm³/mol. The molecule has 0 spiro atoms. The van der Waals surface area contributed by atoms with E-state index in [1.165, 1.54) is 11.0 Å². The van der Waals surface area contributed by atoms with Crippen LogP contribution in [0.2, 0.25) is 10.2 Å². The summed E-state index contributed by atoms with van der Waals surface area (Å²) < 4.78 is 18.6. The second-order valence-corrected chi connectivity index (χ2v) is 10.9. The summed E-state index contributed by atoms with van der Waals surface area (Å²) in [5.74, 6) is 0.542. The first-order valence-electron chi connectivity index (χ1n) is 14.1. The maximum Gasteiger partial charge on any atom is 0.411 e. The van der Waals surface area contributed by atoms with Crippen LogP contribution in [0.5, 0.6) is 0 Å². The van der Waals surface area contributed by atoms with Gasteiger partial charge in [0.2, 0.25) is 0 Å². The molecule has 232 valence electrons. The van der Waals surface area contributed by atoms with Crippen molar-refractivity contribution in [2.24, 2.45) is 0 Å². The Morgan fingerprint density at radius 1 is 1.04 bits per heavy atom. The van der Waals surface area contributed by atoms with Crippen LogP contribution in [0.25, 0.3) is 28.2 Å². The van der Waals surface area contributed by atoms with Gasteiger partial charge in [0.05, 0.1) is 37.2 Å². The molecule has 0 aliphatic carbocycles. The zero-order valence-electron chi connectivity index (χ0n) is 24.1. The van der Waals surface area contributed by atoms with Gasteiger partial charge in [0.15, 0.2) is 5.15 Å². The van der Waals surface area contributed by atoms with Crippen LogP contribution in [0.15, 0.2) is 65.7 Å². The Balaban J connectivity index is 1.17. The molecule has 13 nitrogen and oxygen atoms in total. The number of amides is 1. The van der Waals surface area contributed by atoms with E-state index >= 15 is 0 Å². The number of hydrogen-bond donors (Lipinski definition) is 2. The van der Waals surface area contributed by atoms with Crippen LogP contribution < -0.4 is 10.9 Å². The number of benzene rings is 2. The lowest BCUT2D eigenvalue weighted by atomic mass is 10.0. The fourth-order valence-electron chi connectivity index (χ4n) is 5.26. The molecule has 1 atom stereocenters. The van der Waals surface area contributed by atoms with Gasteiger partial charge in [-0.1, -0.05) is 23.2 Å². The summed E-state index contributed by atoms with van der Waals surface area (Å²) in [6, 6.07) is 15.7. The molecule has 0 saturated heterocycles. The number of fused-ring (bicyclic) bond motifs is 1. The molecule has 5 aromatic rings. The summed E-state index contributed by atoms with van der Waals surface area (Å²) in [6.07, 6.45) is 2.23. The van der Waals surface area contributed by atoms with Gasteiger partial charge in [-0.05, 0) is 77.4 Å². The minimum absolute atomic E-state index is 0.123. The smallest absolute Gasteiger partial charge is 0.411 e. The van der Waals surface area contributed by atoms with E-state index in [2.05, 4.69) is 30.8 Å². The van der Waals surface area contributed by atoms with Gasteiger partial charge in [-0.25, -0.2) is 9.78 Å². The molecule has 1 aliphatic rings. The van der Waals surface area contributed by atoms with Crippen LogP contribution in [0.4, 0.5) is 10.5 Å². The lowest BCUT2D eigenvalue weighted by Gasteiger charge is -2.15. The third kappa shape index (κ3) is 6.76. The van der Waals surface area contributed by atoms with E-state index in [1.807, 2.05) is 12.1 Å². The quantitative estimate of drug-likeness (QED) is 0.189. The van der Waals surface area contributed by atoms with E-state index in [-0.39, 0.29) is 30.0 Å². The van der Waals surface area contributed by atoms with Gasteiger partial charge < -0.3 is 23.8 Å². The van der Waals surface area contributed by atoms with Crippen LogP contribution >= 0.6 is 23.2 Å². The van der Waals surface area contributed by atoms with Gasteiger partial charge in [0, 0.05) is 40.7 Å². The Bertz CT molecular complexity index is 1860. The zero-order chi connectivity index (χ0) is 31.3. The van der Waals surface area contributed by atoms with Crippen molar-refractivity contribution in [1.82, 2.24) is 34.7 Å². The average molecular weight is 652 g/mol. The van der Waals surface area contributed by atoms with Crippen molar-refractivity contribution < 1.29 is 19.0 Å². The monoisotopic (exact) mass is 650 g/mol. The van der Waals surface area contributed by atoms with Crippen molar-refractivity contribution in [3.05, 3.63) is 92.8 Å². The number of tetrazole rings is 1. The van der Waals surface area contributed by atoms with Crippen LogP contribution in [-0.2, 0) is 20.6 Å². The number of carbonyl (C=O) groups excluding carboxylic acids is 1. The molecule has 0 saturated carbocycles. The van der Waals surface area contributed by atoms with Gasteiger partial charge in [-0.2, -0.15) is 4.68 Å². The van der Waals surface area contributed by atoms with Crippen molar-refractivity contribution in [2.45, 2.75) is 18.9 Å². The summed E-state index contributed by atoms with van der Waals surface area (Å²) in [5, 5.41) is 14.9. The number of aryl methyl sites for hydroxylation is 1. The number of aromatic nitrogens is 7. The molecule has 45 heavy (non-hydrogen) atoms. The number of aromatic amines is 1. The summed E-state index contributed by atoms with van der Waals surface area (Å²) in [5.41, 5.74) is 4.79. The highest BCUT2D eigenvalue weighted by Crippen LogP contribution is 2.37. The number of methoxy groups -OCH3 is 1. The first kappa shape index (κ1) is 30.5. The second-order valence-electron chi connectivity index (χ2n) is 10.1. The number of H-pyrrole nitrogens is 1. The summed E-state index contributed by atoms with van der Waals surface area (Å²) in [4.78, 5) is 33.5. The van der Waals surface area contributed by atoms with E-state index < -0.39 is 6.09 Å². The van der Waals surface area contributed by atoms with Gasteiger partial charge in [0.25, 0.3) is 5.56 Å². The molecule has 2 aromatic carbocycles. The third-order valence-corrected chi connectivity index (χ3v) is 7.84. The number of pyridine rings is 1. The van der Waals surface area contributed by atoms with Crippen molar-refractivity contribution in [3.8, 4) is 28.2 Å². The van der Waals surface area contributed by atoms with Crippen molar-refractivity contribution in [1.29, 1.82) is 0 Å². The molecule has 3 aromatic heterocycles. The Morgan fingerprint density at radius 2 is 1.87 bits per heavy atom. The lowest BCUT2D eigenvalue weighted by molar-refractivity contribution is 0.0447. The number of ether oxygens (including phenoxy) is 3.